The molecule has 10 atom stereocenters. The third kappa shape index (κ3) is 3.03. The van der Waals surface area contributed by atoms with Gasteiger partial charge in [-0.25, -0.2) is 0 Å². The fourth-order valence-corrected chi connectivity index (χ4v) is 11.3. The minimum absolute atomic E-state index is 0.0718. The van der Waals surface area contributed by atoms with E-state index in [0.29, 0.717) is 39.9 Å². The maximum Gasteiger partial charge on any atom is 0.0849 e. The van der Waals surface area contributed by atoms with Gasteiger partial charge in [-0.05, 0) is 135 Å². The van der Waals surface area contributed by atoms with Gasteiger partial charge in [-0.2, -0.15) is 0 Å². The van der Waals surface area contributed by atoms with Crippen molar-refractivity contribution in [1.29, 1.82) is 0 Å². The molecule has 0 heterocycles. The summed E-state index contributed by atoms with van der Waals surface area (Å²) in [6.45, 7) is 15.9. The van der Waals surface area contributed by atoms with E-state index in [0.717, 1.165) is 24.7 Å². The Hall–Kier alpha value is -0.120. The molecule has 2 unspecified atom stereocenters. The van der Waals surface area contributed by atoms with Crippen molar-refractivity contribution in [3.63, 3.8) is 0 Å². The Bertz CT molecular complexity index is 784. The zero-order valence-electron chi connectivity index (χ0n) is 22.6. The number of fused-ring (bicyclic) bond motifs is 2. The molecule has 3 heteroatoms. The van der Waals surface area contributed by atoms with Crippen LogP contribution in [-0.4, -0.2) is 33.1 Å². The van der Waals surface area contributed by atoms with Crippen molar-refractivity contribution in [2.75, 3.05) is 0 Å². The first-order valence-electron chi connectivity index (χ1n) is 14.2. The van der Waals surface area contributed by atoms with Crippen LogP contribution in [0.5, 0.6) is 0 Å². The number of aliphatic hydroxyl groups is 3. The van der Waals surface area contributed by atoms with Gasteiger partial charge in [0.25, 0.3) is 0 Å². The minimum atomic E-state index is -1.01. The van der Waals surface area contributed by atoms with Crippen molar-refractivity contribution in [1.82, 2.24) is 0 Å². The smallest absolute Gasteiger partial charge is 0.0849 e. The summed E-state index contributed by atoms with van der Waals surface area (Å²) in [5.74, 6) is 2.88. The highest BCUT2D eigenvalue weighted by Gasteiger charge is 2.82. The van der Waals surface area contributed by atoms with Gasteiger partial charge >= 0.3 is 0 Å². The minimum Gasteiger partial charge on any atom is -0.393 e. The molecule has 3 N–H and O–H groups in total. The number of aliphatic hydroxyl groups excluding tert-OH is 2. The highest BCUT2D eigenvalue weighted by Crippen LogP contribution is 2.89. The van der Waals surface area contributed by atoms with Crippen LogP contribution in [0.15, 0.2) is 0 Å². The lowest BCUT2D eigenvalue weighted by Crippen LogP contribution is -2.57. The van der Waals surface area contributed by atoms with Gasteiger partial charge in [0.05, 0.1) is 17.8 Å². The van der Waals surface area contributed by atoms with Crippen molar-refractivity contribution in [3.8, 4) is 0 Å². The molecule has 5 saturated carbocycles. The van der Waals surface area contributed by atoms with Gasteiger partial charge in [0.2, 0.25) is 0 Å². The summed E-state index contributed by atoms with van der Waals surface area (Å²) in [6, 6.07) is 0. The molecular formula is C30H52O3. The Morgan fingerprint density at radius 1 is 0.818 bits per heavy atom. The van der Waals surface area contributed by atoms with E-state index >= 15 is 0 Å². The first-order valence-corrected chi connectivity index (χ1v) is 14.2. The van der Waals surface area contributed by atoms with Gasteiger partial charge in [-0.3, -0.25) is 0 Å². The summed E-state index contributed by atoms with van der Waals surface area (Å²) in [5.41, 5.74) is 0.949. The molecule has 0 amide bonds. The Kier molecular flexibility index (Phi) is 5.38. The molecule has 0 aromatic heterocycles. The molecule has 0 radical (unpaired) electrons. The van der Waals surface area contributed by atoms with Crippen LogP contribution in [-0.2, 0) is 0 Å². The largest absolute Gasteiger partial charge is 0.393 e. The van der Waals surface area contributed by atoms with Crippen LogP contribution >= 0.6 is 0 Å². The second-order valence-electron chi connectivity index (χ2n) is 15.3. The van der Waals surface area contributed by atoms with Crippen LogP contribution in [0.3, 0.4) is 0 Å². The Morgan fingerprint density at radius 2 is 1.45 bits per heavy atom. The van der Waals surface area contributed by atoms with Crippen molar-refractivity contribution in [3.05, 3.63) is 0 Å². The Labute approximate surface area is 203 Å². The monoisotopic (exact) mass is 460 g/mol. The molecule has 0 saturated heterocycles. The lowest BCUT2D eigenvalue weighted by Gasteiger charge is -2.63. The van der Waals surface area contributed by atoms with Crippen LogP contribution in [0.1, 0.15) is 119 Å². The van der Waals surface area contributed by atoms with Crippen molar-refractivity contribution >= 4 is 0 Å². The van der Waals surface area contributed by atoms with Crippen molar-refractivity contribution in [2.45, 2.75) is 137 Å². The first kappa shape index (κ1) is 24.6. The van der Waals surface area contributed by atoms with E-state index in [1.54, 1.807) is 13.8 Å². The van der Waals surface area contributed by atoms with Crippen LogP contribution in [0, 0.1) is 50.7 Å². The van der Waals surface area contributed by atoms with Crippen molar-refractivity contribution in [2.24, 2.45) is 50.7 Å². The predicted octanol–water partition coefficient (Wildman–Crippen LogP) is 6.33. The topological polar surface area (TPSA) is 60.7 Å². The van der Waals surface area contributed by atoms with E-state index in [-0.39, 0.29) is 11.5 Å². The quantitative estimate of drug-likeness (QED) is 0.449. The summed E-state index contributed by atoms with van der Waals surface area (Å²) in [6.07, 6.45) is 12.8. The van der Waals surface area contributed by atoms with E-state index in [4.69, 9.17) is 0 Å². The lowest BCUT2D eigenvalue weighted by molar-refractivity contribution is -0.161. The average molecular weight is 461 g/mol. The summed E-state index contributed by atoms with van der Waals surface area (Å²) < 4.78 is 0. The van der Waals surface area contributed by atoms with Gasteiger partial charge < -0.3 is 15.3 Å². The summed E-state index contributed by atoms with van der Waals surface area (Å²) in [5, 5.41) is 31.5. The van der Waals surface area contributed by atoms with Crippen LogP contribution < -0.4 is 0 Å². The summed E-state index contributed by atoms with van der Waals surface area (Å²) in [4.78, 5) is 0. The standard InChI is InChI=1S/C30H52O3/c1-19(8-11-24(32)26(4,5)33)20-12-14-28(7)22-10-9-21-25(2,3)23(31)13-15-29(21)18-30(22,29)17-16-27(20,28)6/h19-24,31-33H,8-18H2,1-7H3/t19-,20-,21?,22+,23+,24+,27-,28+,29-,30?/m1/s1. The van der Waals surface area contributed by atoms with Crippen LogP contribution in [0.4, 0.5) is 0 Å². The van der Waals surface area contributed by atoms with Crippen LogP contribution in [0.25, 0.3) is 0 Å². The molecular weight excluding hydrogens is 408 g/mol. The fourth-order valence-electron chi connectivity index (χ4n) is 11.3. The van der Waals surface area contributed by atoms with Gasteiger partial charge in [-0.1, -0.05) is 34.6 Å². The fraction of sp³-hybridized carbons (Fsp3) is 1.00. The number of rotatable bonds is 5. The van der Waals surface area contributed by atoms with E-state index < -0.39 is 11.7 Å². The second kappa shape index (κ2) is 7.22. The lowest BCUT2D eigenvalue weighted by atomic mass is 9.41. The van der Waals surface area contributed by atoms with Gasteiger partial charge in [0.1, 0.15) is 0 Å². The molecule has 5 rings (SSSR count). The maximum atomic E-state index is 10.8. The molecule has 0 bridgehead atoms. The maximum absolute atomic E-state index is 10.8. The molecule has 190 valence electrons. The second-order valence-corrected chi connectivity index (χ2v) is 15.3. The third-order valence-electron chi connectivity index (χ3n) is 13.6. The highest BCUT2D eigenvalue weighted by atomic mass is 16.3. The normalized spacial score (nSPS) is 52.2. The first-order chi connectivity index (χ1) is 15.2. The van der Waals surface area contributed by atoms with Crippen LogP contribution in [0.2, 0.25) is 0 Å². The molecule has 0 aliphatic heterocycles. The average Bonchev–Trinajstić information content (AvgIpc) is 3.31. The van der Waals surface area contributed by atoms with E-state index in [2.05, 4.69) is 34.6 Å². The Morgan fingerprint density at radius 3 is 2.12 bits per heavy atom. The predicted molar refractivity (Wildman–Crippen MR) is 134 cm³/mol. The molecule has 0 aromatic rings. The Balaban J connectivity index is 1.37. The molecule has 2 spiro atoms. The highest BCUT2D eigenvalue weighted by molar-refractivity contribution is 5.30. The summed E-state index contributed by atoms with van der Waals surface area (Å²) in [7, 11) is 0. The molecule has 5 fully saturated rings. The molecule has 5 aliphatic carbocycles. The van der Waals surface area contributed by atoms with Gasteiger partial charge in [-0.15, -0.1) is 0 Å². The van der Waals surface area contributed by atoms with Crippen molar-refractivity contribution < 1.29 is 15.3 Å². The molecule has 33 heavy (non-hydrogen) atoms. The summed E-state index contributed by atoms with van der Waals surface area (Å²) >= 11 is 0. The van der Waals surface area contributed by atoms with Gasteiger partial charge in [0.15, 0.2) is 0 Å². The zero-order valence-corrected chi connectivity index (χ0v) is 22.6. The van der Waals surface area contributed by atoms with E-state index in [9.17, 15) is 15.3 Å². The molecule has 0 aromatic carbocycles. The number of hydrogen-bond acceptors (Lipinski definition) is 3. The SMILES string of the molecule is C[C@H](CC[C@H](O)C(C)(C)O)[C@H]1CC[C@@]2(C)[C@@H]3CCC4C(C)(C)[C@@H](O)CC[C@@]45CC35CC[C@]12C. The molecule has 5 aliphatic rings. The van der Waals surface area contributed by atoms with E-state index in [1.165, 1.54) is 51.4 Å². The molecule has 3 nitrogen and oxygen atoms in total. The van der Waals surface area contributed by atoms with E-state index in [1.807, 2.05) is 0 Å². The third-order valence-corrected chi connectivity index (χ3v) is 13.6. The van der Waals surface area contributed by atoms with Gasteiger partial charge in [0, 0.05) is 0 Å². The zero-order chi connectivity index (χ0) is 24.2. The number of hydrogen-bond donors (Lipinski definition) is 3.